The zero-order valence-electron chi connectivity index (χ0n) is 13.7. The number of hydrogen-bond donors (Lipinski definition) is 1. The summed E-state index contributed by atoms with van der Waals surface area (Å²) in [6.07, 6.45) is 0.564. The van der Waals surface area contributed by atoms with Gasteiger partial charge in [0.2, 0.25) is 11.8 Å². The first-order chi connectivity index (χ1) is 12.0. The molecule has 1 saturated carbocycles. The van der Waals surface area contributed by atoms with E-state index in [0.717, 1.165) is 5.56 Å². The predicted molar refractivity (Wildman–Crippen MR) is 99.6 cm³/mol. The number of nitrogens with one attached hydrogen (secondary N) is 1. The first-order valence-electron chi connectivity index (χ1n) is 8.00. The molecule has 2 amide bonds. The van der Waals surface area contributed by atoms with E-state index in [4.69, 9.17) is 23.2 Å². The Kier molecular flexibility index (Phi) is 5.30. The lowest BCUT2D eigenvalue weighted by atomic mass is 10.2. The minimum Gasteiger partial charge on any atom is -0.341 e. The lowest BCUT2D eigenvalue weighted by molar-refractivity contribution is -0.133. The standard InChI is InChI=1S/C19H18Cl2N2O2/c1-23(11-12-5-3-2-4-6-12)19(25)15-10-14(15)18(24)22-17-8-7-13(20)9-16(17)21/h2-9,14-15H,10-11H2,1H3,(H,22,24). The van der Waals surface area contributed by atoms with Gasteiger partial charge in [-0.2, -0.15) is 0 Å². The molecule has 0 aliphatic heterocycles. The van der Waals surface area contributed by atoms with E-state index in [1.807, 2.05) is 30.3 Å². The Bertz CT molecular complexity index is 795. The Labute approximate surface area is 156 Å². The Balaban J connectivity index is 1.56. The average Bonchev–Trinajstić information content (AvgIpc) is 3.38. The number of benzene rings is 2. The van der Waals surface area contributed by atoms with Crippen molar-refractivity contribution < 1.29 is 9.59 Å². The molecule has 0 heterocycles. The van der Waals surface area contributed by atoms with Crippen molar-refractivity contribution >= 4 is 40.7 Å². The molecule has 25 heavy (non-hydrogen) atoms. The van der Waals surface area contributed by atoms with Crippen molar-refractivity contribution in [3.05, 3.63) is 64.1 Å². The molecule has 2 aromatic rings. The molecule has 1 aliphatic rings. The van der Waals surface area contributed by atoms with Crippen LogP contribution in [0.5, 0.6) is 0 Å². The van der Waals surface area contributed by atoms with Crippen LogP contribution in [0, 0.1) is 11.8 Å². The highest BCUT2D eigenvalue weighted by molar-refractivity contribution is 6.36. The maximum absolute atomic E-state index is 12.5. The summed E-state index contributed by atoms with van der Waals surface area (Å²) in [5.41, 5.74) is 1.57. The van der Waals surface area contributed by atoms with Crippen LogP contribution in [0.4, 0.5) is 5.69 Å². The van der Waals surface area contributed by atoms with Crippen molar-refractivity contribution in [2.75, 3.05) is 12.4 Å². The first-order valence-corrected chi connectivity index (χ1v) is 8.76. The van der Waals surface area contributed by atoms with Crippen molar-refractivity contribution in [1.82, 2.24) is 4.90 Å². The molecule has 2 aromatic carbocycles. The minimum absolute atomic E-state index is 0.00814. The van der Waals surface area contributed by atoms with E-state index < -0.39 is 0 Å². The van der Waals surface area contributed by atoms with Gasteiger partial charge in [-0.05, 0) is 30.2 Å². The molecule has 2 unspecified atom stereocenters. The summed E-state index contributed by atoms with van der Waals surface area (Å²) >= 11 is 11.9. The molecule has 0 bridgehead atoms. The second kappa shape index (κ2) is 7.46. The third kappa shape index (κ3) is 4.33. The quantitative estimate of drug-likeness (QED) is 0.848. The molecule has 130 valence electrons. The molecule has 1 aliphatic carbocycles. The summed E-state index contributed by atoms with van der Waals surface area (Å²) in [5, 5.41) is 3.66. The van der Waals surface area contributed by atoms with E-state index in [9.17, 15) is 9.59 Å². The van der Waals surface area contributed by atoms with Crippen LogP contribution in [0.25, 0.3) is 0 Å². The number of anilines is 1. The van der Waals surface area contributed by atoms with Gasteiger partial charge in [0.05, 0.1) is 22.5 Å². The van der Waals surface area contributed by atoms with Gasteiger partial charge in [-0.3, -0.25) is 9.59 Å². The van der Waals surface area contributed by atoms with Gasteiger partial charge in [-0.1, -0.05) is 53.5 Å². The summed E-state index contributed by atoms with van der Waals surface area (Å²) in [6, 6.07) is 14.7. The van der Waals surface area contributed by atoms with Crippen molar-refractivity contribution in [2.45, 2.75) is 13.0 Å². The van der Waals surface area contributed by atoms with Gasteiger partial charge >= 0.3 is 0 Å². The zero-order chi connectivity index (χ0) is 18.0. The molecule has 1 N–H and O–H groups in total. The molecule has 0 saturated heterocycles. The largest absolute Gasteiger partial charge is 0.341 e. The van der Waals surface area contributed by atoms with Gasteiger partial charge in [0.25, 0.3) is 0 Å². The number of amides is 2. The van der Waals surface area contributed by atoms with Crippen molar-refractivity contribution in [3.63, 3.8) is 0 Å². The van der Waals surface area contributed by atoms with Crippen LogP contribution < -0.4 is 5.32 Å². The highest BCUT2D eigenvalue weighted by Crippen LogP contribution is 2.41. The second-order valence-electron chi connectivity index (χ2n) is 6.24. The summed E-state index contributed by atoms with van der Waals surface area (Å²) in [6.45, 7) is 0.535. The Morgan fingerprint density at radius 1 is 1.12 bits per heavy atom. The zero-order valence-corrected chi connectivity index (χ0v) is 15.2. The maximum Gasteiger partial charge on any atom is 0.228 e. The van der Waals surface area contributed by atoms with Crippen LogP contribution in [0.3, 0.4) is 0 Å². The highest BCUT2D eigenvalue weighted by Gasteiger charge is 2.49. The summed E-state index contributed by atoms with van der Waals surface area (Å²) in [4.78, 5) is 26.5. The van der Waals surface area contributed by atoms with E-state index in [1.165, 1.54) is 0 Å². The average molecular weight is 377 g/mol. The Hall–Kier alpha value is -2.04. The Morgan fingerprint density at radius 3 is 2.52 bits per heavy atom. The number of carbonyl (C=O) groups is 2. The van der Waals surface area contributed by atoms with E-state index in [-0.39, 0.29) is 23.7 Å². The van der Waals surface area contributed by atoms with E-state index in [0.29, 0.717) is 28.7 Å². The van der Waals surface area contributed by atoms with Gasteiger partial charge < -0.3 is 10.2 Å². The third-order valence-electron chi connectivity index (χ3n) is 4.27. The molecular formula is C19H18Cl2N2O2. The number of hydrogen-bond acceptors (Lipinski definition) is 2. The maximum atomic E-state index is 12.5. The third-order valence-corrected chi connectivity index (χ3v) is 4.82. The van der Waals surface area contributed by atoms with Gasteiger partial charge in [0, 0.05) is 18.6 Å². The van der Waals surface area contributed by atoms with Gasteiger partial charge in [0.15, 0.2) is 0 Å². The van der Waals surface area contributed by atoms with Crippen molar-refractivity contribution in [1.29, 1.82) is 0 Å². The molecule has 0 spiro atoms. The molecule has 2 atom stereocenters. The van der Waals surface area contributed by atoms with Crippen molar-refractivity contribution in [3.8, 4) is 0 Å². The fraction of sp³-hybridized carbons (Fsp3) is 0.263. The molecule has 1 fully saturated rings. The molecule has 0 aromatic heterocycles. The normalized spacial score (nSPS) is 18.5. The summed E-state index contributed by atoms with van der Waals surface area (Å²) < 4.78 is 0. The molecule has 3 rings (SSSR count). The van der Waals surface area contributed by atoms with Crippen LogP contribution >= 0.6 is 23.2 Å². The molecular weight excluding hydrogens is 359 g/mol. The monoisotopic (exact) mass is 376 g/mol. The molecule has 0 radical (unpaired) electrons. The Morgan fingerprint density at radius 2 is 1.84 bits per heavy atom. The number of carbonyl (C=O) groups excluding carboxylic acids is 2. The van der Waals surface area contributed by atoms with Crippen LogP contribution in [-0.2, 0) is 16.1 Å². The summed E-state index contributed by atoms with van der Waals surface area (Å²) in [7, 11) is 1.76. The van der Waals surface area contributed by atoms with Crippen molar-refractivity contribution in [2.24, 2.45) is 11.8 Å². The van der Waals surface area contributed by atoms with Crippen LogP contribution in [0.1, 0.15) is 12.0 Å². The second-order valence-corrected chi connectivity index (χ2v) is 7.09. The minimum atomic E-state index is -0.308. The fourth-order valence-corrected chi connectivity index (χ4v) is 3.25. The van der Waals surface area contributed by atoms with Crippen LogP contribution in [-0.4, -0.2) is 23.8 Å². The van der Waals surface area contributed by atoms with Gasteiger partial charge in [-0.25, -0.2) is 0 Å². The van der Waals surface area contributed by atoms with Crippen LogP contribution in [0.2, 0.25) is 10.0 Å². The number of nitrogens with zero attached hydrogens (tertiary/aromatic N) is 1. The number of rotatable bonds is 5. The molecule has 6 heteroatoms. The van der Waals surface area contributed by atoms with Gasteiger partial charge in [-0.15, -0.1) is 0 Å². The topological polar surface area (TPSA) is 49.4 Å². The smallest absolute Gasteiger partial charge is 0.228 e. The lowest BCUT2D eigenvalue weighted by Gasteiger charge is -2.17. The van der Waals surface area contributed by atoms with E-state index in [1.54, 1.807) is 30.1 Å². The predicted octanol–water partition coefficient (Wildman–Crippen LogP) is 4.23. The van der Waals surface area contributed by atoms with Crippen LogP contribution in [0.15, 0.2) is 48.5 Å². The van der Waals surface area contributed by atoms with Gasteiger partial charge in [0.1, 0.15) is 0 Å². The summed E-state index contributed by atoms with van der Waals surface area (Å²) in [5.74, 6) is -0.765. The SMILES string of the molecule is CN(Cc1ccccc1)C(=O)C1CC1C(=O)Nc1ccc(Cl)cc1Cl. The lowest BCUT2D eigenvalue weighted by Crippen LogP contribution is -2.29. The molecule has 4 nitrogen and oxygen atoms in total. The van der Waals surface area contributed by atoms with E-state index in [2.05, 4.69) is 5.32 Å². The highest BCUT2D eigenvalue weighted by atomic mass is 35.5. The number of halogens is 2. The van der Waals surface area contributed by atoms with E-state index >= 15 is 0 Å². The fourth-order valence-electron chi connectivity index (χ4n) is 2.79. The first kappa shape index (κ1) is 17.8.